The van der Waals surface area contributed by atoms with E-state index in [-0.39, 0.29) is 10.4 Å². The molecule has 1 aliphatic carbocycles. The summed E-state index contributed by atoms with van der Waals surface area (Å²) in [5.74, 6) is 0.584. The van der Waals surface area contributed by atoms with Crippen molar-refractivity contribution in [1.29, 1.82) is 0 Å². The smallest absolute Gasteiger partial charge is 0.262 e. The first-order chi connectivity index (χ1) is 13.9. The number of nitrogens with one attached hydrogen (secondary N) is 1. The largest absolute Gasteiger partial charge is 0.384 e. The van der Waals surface area contributed by atoms with Gasteiger partial charge in [0.1, 0.15) is 0 Å². The standard InChI is InChI=1S/C21H30N4O3S/c1-24-11-8-20(23-24)29(26,27)25-12-9-21(10-13-25,16-28-2)15-22-19-14-18(19)17-6-4-3-5-7-17/h3-8,11,18-19,22H,9-10,12-16H2,1-2H3. The Bertz CT molecular complexity index is 920. The first-order valence-electron chi connectivity index (χ1n) is 10.2. The van der Waals surface area contributed by atoms with Crippen LogP contribution >= 0.6 is 0 Å². The van der Waals surface area contributed by atoms with E-state index in [0.717, 1.165) is 25.8 Å². The highest BCUT2D eigenvalue weighted by atomic mass is 32.2. The Hall–Kier alpha value is -1.74. The zero-order chi connectivity index (χ0) is 20.5. The minimum absolute atomic E-state index is 0.0330. The Labute approximate surface area is 173 Å². The van der Waals surface area contributed by atoms with Crippen LogP contribution in [-0.2, 0) is 21.8 Å². The molecule has 8 heteroatoms. The van der Waals surface area contributed by atoms with Gasteiger partial charge in [0.05, 0.1) is 6.61 Å². The minimum atomic E-state index is -3.53. The molecule has 1 aromatic carbocycles. The number of methoxy groups -OCH3 is 1. The van der Waals surface area contributed by atoms with E-state index >= 15 is 0 Å². The number of hydrogen-bond acceptors (Lipinski definition) is 5. The summed E-state index contributed by atoms with van der Waals surface area (Å²) in [6.45, 7) is 2.49. The normalized spacial score (nSPS) is 24.5. The van der Waals surface area contributed by atoms with Gasteiger partial charge < -0.3 is 10.1 Å². The van der Waals surface area contributed by atoms with Crippen molar-refractivity contribution in [2.45, 2.75) is 36.2 Å². The van der Waals surface area contributed by atoms with Crippen LogP contribution in [-0.4, -0.2) is 61.9 Å². The second kappa shape index (κ2) is 8.18. The average molecular weight is 419 g/mol. The van der Waals surface area contributed by atoms with Crippen LogP contribution in [0.3, 0.4) is 0 Å². The summed E-state index contributed by atoms with van der Waals surface area (Å²) < 4.78 is 34.3. The number of aromatic nitrogens is 2. The van der Waals surface area contributed by atoms with Crippen LogP contribution in [0.15, 0.2) is 47.6 Å². The zero-order valence-electron chi connectivity index (χ0n) is 17.1. The van der Waals surface area contributed by atoms with E-state index in [1.165, 1.54) is 10.2 Å². The fraction of sp³-hybridized carbons (Fsp3) is 0.571. The maximum atomic E-state index is 12.8. The molecule has 0 amide bonds. The minimum Gasteiger partial charge on any atom is -0.384 e. The maximum absolute atomic E-state index is 12.8. The van der Waals surface area contributed by atoms with Crippen molar-refractivity contribution in [2.24, 2.45) is 12.5 Å². The molecule has 1 saturated heterocycles. The Morgan fingerprint density at radius 2 is 1.93 bits per heavy atom. The van der Waals surface area contributed by atoms with Gasteiger partial charge in [-0.3, -0.25) is 4.68 Å². The van der Waals surface area contributed by atoms with Crippen LogP contribution < -0.4 is 5.32 Å². The molecular formula is C21H30N4O3S. The van der Waals surface area contributed by atoms with Gasteiger partial charge in [-0.1, -0.05) is 30.3 Å². The Balaban J connectivity index is 1.35. The third kappa shape index (κ3) is 4.40. The van der Waals surface area contributed by atoms with Gasteiger partial charge in [0.25, 0.3) is 10.0 Å². The van der Waals surface area contributed by atoms with Crippen molar-refractivity contribution in [3.05, 3.63) is 48.2 Å². The zero-order valence-corrected chi connectivity index (χ0v) is 17.9. The molecule has 0 radical (unpaired) electrons. The Kier molecular flexibility index (Phi) is 5.79. The summed E-state index contributed by atoms with van der Waals surface area (Å²) in [7, 11) is -0.0778. The topological polar surface area (TPSA) is 76.5 Å². The van der Waals surface area contributed by atoms with Gasteiger partial charge in [-0.05, 0) is 30.9 Å². The van der Waals surface area contributed by atoms with Crippen LogP contribution in [0.1, 0.15) is 30.7 Å². The van der Waals surface area contributed by atoms with E-state index < -0.39 is 10.0 Å². The lowest BCUT2D eigenvalue weighted by Crippen LogP contribution is -2.49. The van der Waals surface area contributed by atoms with Crippen LogP contribution in [0.4, 0.5) is 0 Å². The second-order valence-corrected chi connectivity index (χ2v) is 10.3. The number of nitrogens with zero attached hydrogens (tertiary/aromatic N) is 3. The van der Waals surface area contributed by atoms with E-state index in [9.17, 15) is 8.42 Å². The average Bonchev–Trinajstić information content (AvgIpc) is 3.38. The summed E-state index contributed by atoms with van der Waals surface area (Å²) in [5.41, 5.74) is 1.36. The van der Waals surface area contributed by atoms with Gasteiger partial charge in [-0.25, -0.2) is 8.42 Å². The molecule has 158 valence electrons. The van der Waals surface area contributed by atoms with E-state index in [4.69, 9.17) is 4.74 Å². The number of ether oxygens (including phenoxy) is 1. The third-order valence-corrected chi connectivity index (χ3v) is 8.08. The molecule has 29 heavy (non-hydrogen) atoms. The molecule has 2 aromatic rings. The number of hydrogen-bond donors (Lipinski definition) is 1. The van der Waals surface area contributed by atoms with Crippen molar-refractivity contribution in [2.75, 3.05) is 33.4 Å². The van der Waals surface area contributed by atoms with Crippen molar-refractivity contribution in [1.82, 2.24) is 19.4 Å². The van der Waals surface area contributed by atoms with Crippen LogP contribution in [0.2, 0.25) is 0 Å². The van der Waals surface area contributed by atoms with Crippen molar-refractivity contribution in [3.63, 3.8) is 0 Å². The summed E-state index contributed by atoms with van der Waals surface area (Å²) in [5, 5.41) is 7.94. The predicted octanol–water partition coefficient (Wildman–Crippen LogP) is 1.98. The highest BCUT2D eigenvalue weighted by Gasteiger charge is 2.43. The van der Waals surface area contributed by atoms with E-state index in [2.05, 4.69) is 40.7 Å². The summed E-state index contributed by atoms with van der Waals surface area (Å²) in [6, 6.07) is 12.7. The fourth-order valence-electron chi connectivity index (χ4n) is 4.38. The fourth-order valence-corrected chi connectivity index (χ4v) is 5.77. The molecule has 0 bridgehead atoms. The lowest BCUT2D eigenvalue weighted by Gasteiger charge is -2.41. The molecule has 2 unspecified atom stereocenters. The number of sulfonamides is 1. The second-order valence-electron chi connectivity index (χ2n) is 8.41. The Morgan fingerprint density at radius 1 is 1.21 bits per heavy atom. The molecule has 2 heterocycles. The molecule has 7 nitrogen and oxygen atoms in total. The molecule has 1 aliphatic heterocycles. The quantitative estimate of drug-likeness (QED) is 0.709. The van der Waals surface area contributed by atoms with Crippen molar-refractivity contribution < 1.29 is 13.2 Å². The lowest BCUT2D eigenvalue weighted by atomic mass is 9.79. The van der Waals surface area contributed by atoms with Crippen molar-refractivity contribution >= 4 is 10.0 Å². The highest BCUT2D eigenvalue weighted by Crippen LogP contribution is 2.42. The summed E-state index contributed by atoms with van der Waals surface area (Å²) in [6.07, 6.45) is 4.38. The lowest BCUT2D eigenvalue weighted by molar-refractivity contribution is 0.0387. The van der Waals surface area contributed by atoms with Crippen molar-refractivity contribution in [3.8, 4) is 0 Å². The molecule has 1 N–H and O–H groups in total. The molecular weight excluding hydrogens is 388 g/mol. The maximum Gasteiger partial charge on any atom is 0.262 e. The van der Waals surface area contributed by atoms with Gasteiger partial charge >= 0.3 is 0 Å². The van der Waals surface area contributed by atoms with Crippen LogP contribution in [0.5, 0.6) is 0 Å². The molecule has 2 atom stereocenters. The molecule has 1 aromatic heterocycles. The van der Waals surface area contributed by atoms with Crippen LogP contribution in [0.25, 0.3) is 0 Å². The molecule has 2 aliphatic rings. The number of benzene rings is 1. The SMILES string of the molecule is COCC1(CNC2CC2c2ccccc2)CCN(S(=O)(=O)c2ccn(C)n2)CC1. The summed E-state index contributed by atoms with van der Waals surface area (Å²) >= 11 is 0. The van der Waals surface area contributed by atoms with Crippen LogP contribution in [0, 0.1) is 5.41 Å². The summed E-state index contributed by atoms with van der Waals surface area (Å²) in [4.78, 5) is 0. The van der Waals surface area contributed by atoms with Gasteiger partial charge in [-0.15, -0.1) is 0 Å². The van der Waals surface area contributed by atoms with Gasteiger partial charge in [0.2, 0.25) is 0 Å². The van der Waals surface area contributed by atoms with E-state index in [1.54, 1.807) is 30.7 Å². The molecule has 1 saturated carbocycles. The monoisotopic (exact) mass is 418 g/mol. The first-order valence-corrected chi connectivity index (χ1v) is 11.6. The van der Waals surface area contributed by atoms with Gasteiger partial charge in [0.15, 0.2) is 5.03 Å². The van der Waals surface area contributed by atoms with E-state index in [0.29, 0.717) is 31.7 Å². The molecule has 0 spiro atoms. The number of rotatable bonds is 8. The van der Waals surface area contributed by atoms with Gasteiger partial charge in [-0.2, -0.15) is 9.40 Å². The first kappa shape index (κ1) is 20.5. The molecule has 2 fully saturated rings. The third-order valence-electron chi connectivity index (χ3n) is 6.28. The van der Waals surface area contributed by atoms with E-state index in [1.807, 2.05) is 0 Å². The predicted molar refractivity (Wildman–Crippen MR) is 111 cm³/mol. The molecule has 4 rings (SSSR count). The van der Waals surface area contributed by atoms with Gasteiger partial charge in [0, 0.05) is 57.4 Å². The highest BCUT2D eigenvalue weighted by molar-refractivity contribution is 7.89. The number of aryl methyl sites for hydroxylation is 1. The Morgan fingerprint density at radius 3 is 2.55 bits per heavy atom. The number of piperidine rings is 1.